The van der Waals surface area contributed by atoms with Gasteiger partial charge in [0, 0.05) is 0 Å². The van der Waals surface area contributed by atoms with Crippen molar-refractivity contribution in [3.63, 3.8) is 0 Å². The summed E-state index contributed by atoms with van der Waals surface area (Å²) in [5, 5.41) is 11.5. The molecular weight excluding hydrogens is 230 g/mol. The predicted octanol–water partition coefficient (Wildman–Crippen LogP) is 1.95. The second-order valence-electron chi connectivity index (χ2n) is 3.56. The summed E-state index contributed by atoms with van der Waals surface area (Å²) in [5.41, 5.74) is 1.42. The number of para-hydroxylation sites is 1. The molecule has 0 aliphatic carbocycles. The molecule has 0 atom stereocenters. The monoisotopic (exact) mass is 239 g/mol. The molecule has 5 nitrogen and oxygen atoms in total. The Balaban J connectivity index is 2.21. The lowest BCUT2D eigenvalue weighted by molar-refractivity contribution is 0.102. The van der Waals surface area contributed by atoms with Gasteiger partial charge in [0.15, 0.2) is 6.29 Å². The SMILES string of the molecule is N#Cc1ccccc1NC(=O)c1ccc(C=O)[nH]1. The van der Waals surface area contributed by atoms with Crippen molar-refractivity contribution < 1.29 is 9.59 Å². The number of aldehydes is 1. The summed E-state index contributed by atoms with van der Waals surface area (Å²) in [6, 6.07) is 11.7. The van der Waals surface area contributed by atoms with E-state index in [0.717, 1.165) is 0 Å². The Bertz CT molecular complexity index is 638. The van der Waals surface area contributed by atoms with Crippen molar-refractivity contribution in [1.29, 1.82) is 5.26 Å². The molecule has 1 aromatic heterocycles. The Labute approximate surface area is 103 Å². The maximum atomic E-state index is 11.8. The molecule has 0 bridgehead atoms. The van der Waals surface area contributed by atoms with Crippen LogP contribution in [0.1, 0.15) is 26.5 Å². The molecule has 0 aliphatic rings. The first kappa shape index (κ1) is 11.6. The Morgan fingerprint density at radius 2 is 2.06 bits per heavy atom. The van der Waals surface area contributed by atoms with Crippen molar-refractivity contribution in [2.75, 3.05) is 5.32 Å². The minimum Gasteiger partial charge on any atom is -0.348 e. The molecule has 0 aliphatic heterocycles. The van der Waals surface area contributed by atoms with Crippen molar-refractivity contribution in [3.8, 4) is 6.07 Å². The molecule has 0 unspecified atom stereocenters. The van der Waals surface area contributed by atoms with Crippen molar-refractivity contribution in [1.82, 2.24) is 4.98 Å². The first-order valence-electron chi connectivity index (χ1n) is 5.19. The molecule has 1 aromatic carbocycles. The molecule has 0 fully saturated rings. The van der Waals surface area contributed by atoms with E-state index in [1.807, 2.05) is 6.07 Å². The third-order valence-electron chi connectivity index (χ3n) is 2.38. The standard InChI is InChI=1S/C13H9N3O2/c14-7-9-3-1-2-4-11(9)16-13(18)12-6-5-10(8-17)15-12/h1-6,8,15H,(H,16,18). The van der Waals surface area contributed by atoms with Crippen LogP contribution in [-0.2, 0) is 0 Å². The highest BCUT2D eigenvalue weighted by molar-refractivity contribution is 6.04. The zero-order valence-corrected chi connectivity index (χ0v) is 9.31. The number of carbonyl (C=O) groups excluding carboxylic acids is 2. The summed E-state index contributed by atoms with van der Waals surface area (Å²) >= 11 is 0. The average molecular weight is 239 g/mol. The number of carbonyl (C=O) groups is 2. The van der Waals surface area contributed by atoms with Crippen LogP contribution in [0, 0.1) is 11.3 Å². The summed E-state index contributed by atoms with van der Waals surface area (Å²) in [6.07, 6.45) is 0.625. The van der Waals surface area contributed by atoms with E-state index in [-0.39, 0.29) is 5.69 Å². The summed E-state index contributed by atoms with van der Waals surface area (Å²) < 4.78 is 0. The molecule has 88 valence electrons. The number of aromatic amines is 1. The highest BCUT2D eigenvalue weighted by atomic mass is 16.2. The fourth-order valence-corrected chi connectivity index (χ4v) is 1.49. The molecule has 5 heteroatoms. The summed E-state index contributed by atoms with van der Waals surface area (Å²) in [4.78, 5) is 25.0. The van der Waals surface area contributed by atoms with Crippen LogP contribution in [0.4, 0.5) is 5.69 Å². The van der Waals surface area contributed by atoms with Crippen molar-refractivity contribution >= 4 is 17.9 Å². The minimum absolute atomic E-state index is 0.268. The van der Waals surface area contributed by atoms with E-state index < -0.39 is 5.91 Å². The molecule has 0 spiro atoms. The van der Waals surface area contributed by atoms with Crippen LogP contribution in [0.5, 0.6) is 0 Å². The normalized spacial score (nSPS) is 9.50. The van der Waals surface area contributed by atoms with Crippen LogP contribution in [0.15, 0.2) is 36.4 Å². The van der Waals surface area contributed by atoms with Gasteiger partial charge in [-0.1, -0.05) is 12.1 Å². The molecule has 2 aromatic rings. The first-order chi connectivity index (χ1) is 8.74. The Kier molecular flexibility index (Phi) is 3.21. The molecular formula is C13H9N3O2. The quantitative estimate of drug-likeness (QED) is 0.802. The van der Waals surface area contributed by atoms with Gasteiger partial charge in [0.25, 0.3) is 5.91 Å². The number of H-pyrrole nitrogens is 1. The lowest BCUT2D eigenvalue weighted by Gasteiger charge is -2.05. The number of anilines is 1. The molecule has 2 N–H and O–H groups in total. The van der Waals surface area contributed by atoms with E-state index in [1.165, 1.54) is 12.1 Å². The molecule has 1 heterocycles. The number of nitrogens with zero attached hydrogens (tertiary/aromatic N) is 1. The van der Waals surface area contributed by atoms with E-state index >= 15 is 0 Å². The fourth-order valence-electron chi connectivity index (χ4n) is 1.49. The topological polar surface area (TPSA) is 85.8 Å². The van der Waals surface area contributed by atoms with Gasteiger partial charge in [0.1, 0.15) is 11.8 Å². The van der Waals surface area contributed by atoms with Gasteiger partial charge >= 0.3 is 0 Å². The smallest absolute Gasteiger partial charge is 0.272 e. The van der Waals surface area contributed by atoms with Gasteiger partial charge in [0.05, 0.1) is 16.9 Å². The van der Waals surface area contributed by atoms with Crippen LogP contribution in [0.3, 0.4) is 0 Å². The van der Waals surface area contributed by atoms with Gasteiger partial charge in [-0.2, -0.15) is 5.26 Å². The number of aromatic nitrogens is 1. The van der Waals surface area contributed by atoms with Crippen LogP contribution in [0.2, 0.25) is 0 Å². The van der Waals surface area contributed by atoms with Crippen molar-refractivity contribution in [3.05, 3.63) is 53.3 Å². The average Bonchev–Trinajstić information content (AvgIpc) is 2.88. The predicted molar refractivity (Wildman–Crippen MR) is 65.3 cm³/mol. The summed E-state index contributed by atoms with van der Waals surface area (Å²) in [5.74, 6) is -0.397. The fraction of sp³-hybridized carbons (Fsp3) is 0. The molecule has 2 rings (SSSR count). The molecule has 0 saturated heterocycles. The van der Waals surface area contributed by atoms with Gasteiger partial charge in [-0.05, 0) is 24.3 Å². The third kappa shape index (κ3) is 2.28. The number of hydrogen-bond acceptors (Lipinski definition) is 3. The molecule has 1 amide bonds. The minimum atomic E-state index is -0.397. The van der Waals surface area contributed by atoms with E-state index in [1.54, 1.807) is 24.3 Å². The maximum absolute atomic E-state index is 11.8. The Morgan fingerprint density at radius 3 is 2.72 bits per heavy atom. The van der Waals surface area contributed by atoms with Gasteiger partial charge in [-0.25, -0.2) is 0 Å². The number of nitrogens with one attached hydrogen (secondary N) is 2. The zero-order chi connectivity index (χ0) is 13.0. The van der Waals surface area contributed by atoms with Crippen LogP contribution >= 0.6 is 0 Å². The lowest BCUT2D eigenvalue weighted by Crippen LogP contribution is -2.13. The second kappa shape index (κ2) is 4.97. The number of rotatable bonds is 3. The van der Waals surface area contributed by atoms with Crippen LogP contribution in [-0.4, -0.2) is 17.2 Å². The molecule has 0 saturated carbocycles. The van der Waals surface area contributed by atoms with Gasteiger partial charge in [-0.15, -0.1) is 0 Å². The highest BCUT2D eigenvalue weighted by Crippen LogP contribution is 2.14. The van der Waals surface area contributed by atoms with Crippen LogP contribution in [0.25, 0.3) is 0 Å². The maximum Gasteiger partial charge on any atom is 0.272 e. The summed E-state index contributed by atoms with van der Waals surface area (Å²) in [7, 11) is 0. The van der Waals surface area contributed by atoms with Crippen molar-refractivity contribution in [2.45, 2.75) is 0 Å². The Morgan fingerprint density at radius 1 is 1.28 bits per heavy atom. The first-order valence-corrected chi connectivity index (χ1v) is 5.19. The number of amides is 1. The largest absolute Gasteiger partial charge is 0.348 e. The van der Waals surface area contributed by atoms with E-state index in [2.05, 4.69) is 10.3 Å². The van der Waals surface area contributed by atoms with Crippen molar-refractivity contribution in [2.24, 2.45) is 0 Å². The number of hydrogen-bond donors (Lipinski definition) is 2. The zero-order valence-electron chi connectivity index (χ0n) is 9.31. The Hall–Kier alpha value is -2.87. The third-order valence-corrected chi connectivity index (χ3v) is 2.38. The van der Waals surface area contributed by atoms with E-state index in [9.17, 15) is 9.59 Å². The van der Waals surface area contributed by atoms with E-state index in [0.29, 0.717) is 23.2 Å². The molecule has 0 radical (unpaired) electrons. The van der Waals surface area contributed by atoms with E-state index in [4.69, 9.17) is 5.26 Å². The van der Waals surface area contributed by atoms with Gasteiger partial charge < -0.3 is 10.3 Å². The van der Waals surface area contributed by atoms with Gasteiger partial charge in [0.2, 0.25) is 0 Å². The van der Waals surface area contributed by atoms with Gasteiger partial charge in [-0.3, -0.25) is 9.59 Å². The number of nitriles is 1. The second-order valence-corrected chi connectivity index (χ2v) is 3.56. The molecule has 18 heavy (non-hydrogen) atoms. The lowest BCUT2D eigenvalue weighted by atomic mass is 10.2. The highest BCUT2D eigenvalue weighted by Gasteiger charge is 2.10. The van der Waals surface area contributed by atoms with Crippen LogP contribution < -0.4 is 5.32 Å². The number of benzene rings is 1. The summed E-state index contributed by atoms with van der Waals surface area (Å²) in [6.45, 7) is 0.